The number of H-pyrrole nitrogens is 1. The molecular formula is C30H29N5O6. The number of nitrogens with zero attached hydrogens (tertiary/aromatic N) is 3. The molecule has 1 aliphatic rings. The second-order valence-electron chi connectivity index (χ2n) is 9.66. The van der Waals surface area contributed by atoms with Crippen LogP contribution in [0, 0.1) is 0 Å². The number of rotatable bonds is 9. The summed E-state index contributed by atoms with van der Waals surface area (Å²) in [6.07, 6.45) is 2.29. The van der Waals surface area contributed by atoms with Crippen molar-refractivity contribution in [1.29, 1.82) is 0 Å². The van der Waals surface area contributed by atoms with Gasteiger partial charge in [0.2, 0.25) is 5.91 Å². The van der Waals surface area contributed by atoms with Crippen LogP contribution < -0.4 is 15.6 Å². The van der Waals surface area contributed by atoms with Gasteiger partial charge in [0.25, 0.3) is 11.5 Å². The van der Waals surface area contributed by atoms with E-state index < -0.39 is 5.97 Å². The van der Waals surface area contributed by atoms with Gasteiger partial charge in [0.1, 0.15) is 29.4 Å². The Kier molecular flexibility index (Phi) is 8.33. The highest BCUT2D eigenvalue weighted by molar-refractivity contribution is 5.94. The Bertz CT molecular complexity index is 1620. The number of amides is 2. The molecule has 0 aliphatic carbocycles. The Hall–Kier alpha value is -5.06. The van der Waals surface area contributed by atoms with Crippen molar-refractivity contribution in [1.82, 2.24) is 25.2 Å². The molecule has 0 saturated carbocycles. The lowest BCUT2D eigenvalue weighted by Gasteiger charge is -2.17. The number of hydrogen-bond donors (Lipinski definition) is 2. The second kappa shape index (κ2) is 12.4. The lowest BCUT2D eigenvalue weighted by molar-refractivity contribution is -0.130. The Morgan fingerprint density at radius 2 is 1.90 bits per heavy atom. The molecule has 2 aromatic heterocycles. The van der Waals surface area contributed by atoms with E-state index in [4.69, 9.17) is 4.74 Å². The molecule has 1 atom stereocenters. The van der Waals surface area contributed by atoms with E-state index in [9.17, 15) is 19.2 Å². The molecule has 3 heterocycles. The van der Waals surface area contributed by atoms with Crippen molar-refractivity contribution in [3.8, 4) is 5.75 Å². The topological polar surface area (TPSA) is 144 Å². The van der Waals surface area contributed by atoms with Crippen molar-refractivity contribution in [2.24, 2.45) is 0 Å². The Morgan fingerprint density at radius 1 is 1.07 bits per heavy atom. The van der Waals surface area contributed by atoms with Crippen LogP contribution in [0.25, 0.3) is 10.9 Å². The third kappa shape index (κ3) is 6.57. The first-order valence-corrected chi connectivity index (χ1v) is 13.2. The predicted octanol–water partition coefficient (Wildman–Crippen LogP) is 2.65. The fraction of sp³-hybridized carbons (Fsp3) is 0.267. The van der Waals surface area contributed by atoms with Gasteiger partial charge in [0.05, 0.1) is 18.1 Å². The van der Waals surface area contributed by atoms with Crippen LogP contribution in [0.2, 0.25) is 0 Å². The fourth-order valence-corrected chi connectivity index (χ4v) is 4.67. The highest BCUT2D eigenvalue weighted by Crippen LogP contribution is 2.23. The molecule has 210 valence electrons. The second-order valence-corrected chi connectivity index (χ2v) is 9.66. The van der Waals surface area contributed by atoms with Gasteiger partial charge in [0.15, 0.2) is 0 Å². The number of para-hydroxylation sites is 1. The van der Waals surface area contributed by atoms with Gasteiger partial charge >= 0.3 is 5.97 Å². The van der Waals surface area contributed by atoms with Gasteiger partial charge in [-0.15, -0.1) is 0 Å². The molecule has 2 amide bonds. The number of hydrogen-bond acceptors (Lipinski definition) is 8. The molecule has 4 aromatic rings. The summed E-state index contributed by atoms with van der Waals surface area (Å²) >= 11 is 0. The smallest absolute Gasteiger partial charge is 0.339 e. The van der Waals surface area contributed by atoms with Crippen molar-refractivity contribution in [3.05, 3.63) is 99.9 Å². The average Bonchev–Trinajstić information content (AvgIpc) is 3.47. The minimum absolute atomic E-state index is 0.0985. The van der Waals surface area contributed by atoms with E-state index in [2.05, 4.69) is 25.0 Å². The molecule has 41 heavy (non-hydrogen) atoms. The number of ether oxygens (including phenoxy) is 2. The van der Waals surface area contributed by atoms with Crippen molar-refractivity contribution in [2.75, 3.05) is 20.2 Å². The summed E-state index contributed by atoms with van der Waals surface area (Å²) in [5.74, 6) is -0.119. The molecule has 0 radical (unpaired) electrons. The number of nitrogens with one attached hydrogen (secondary N) is 2. The molecular weight excluding hydrogens is 526 g/mol. The van der Waals surface area contributed by atoms with Crippen LogP contribution in [0.4, 0.5) is 0 Å². The number of likely N-dealkylation sites (tertiary alicyclic amines) is 1. The van der Waals surface area contributed by atoms with Gasteiger partial charge < -0.3 is 24.7 Å². The number of carbonyl (C=O) groups is 3. The molecule has 0 spiro atoms. The SMILES string of the molecule is COC(=O)c1ccc(C(=O)NC2CCN(C(=O)CCc3nc4c(OCc5ccccc5)cccc4c(=O)[nH]3)C2)nc1. The van der Waals surface area contributed by atoms with Crippen LogP contribution in [-0.2, 0) is 22.6 Å². The molecule has 2 aromatic carbocycles. The highest BCUT2D eigenvalue weighted by Gasteiger charge is 2.28. The first-order valence-electron chi connectivity index (χ1n) is 13.2. The molecule has 1 fully saturated rings. The zero-order chi connectivity index (χ0) is 28.8. The van der Waals surface area contributed by atoms with Crippen LogP contribution in [0.3, 0.4) is 0 Å². The predicted molar refractivity (Wildman–Crippen MR) is 149 cm³/mol. The zero-order valence-electron chi connectivity index (χ0n) is 22.5. The summed E-state index contributed by atoms with van der Waals surface area (Å²) in [7, 11) is 1.27. The van der Waals surface area contributed by atoms with Crippen molar-refractivity contribution >= 4 is 28.7 Å². The van der Waals surface area contributed by atoms with Crippen LogP contribution in [-0.4, -0.2) is 63.9 Å². The molecule has 0 bridgehead atoms. The molecule has 1 unspecified atom stereocenters. The quantitative estimate of drug-likeness (QED) is 0.300. The number of aromatic amines is 1. The molecule has 11 heteroatoms. The number of pyridine rings is 1. The zero-order valence-corrected chi connectivity index (χ0v) is 22.5. The lowest BCUT2D eigenvalue weighted by atomic mass is 10.2. The standard InChI is InChI=1S/C30H29N5O6/c1-40-30(39)20-10-11-23(31-16-20)29(38)32-21-14-15-35(17-21)26(36)13-12-25-33-27-22(28(37)34-25)8-5-9-24(27)41-18-19-6-3-2-4-7-19/h2-11,16,21H,12-15,17-18H2,1H3,(H,32,38)(H,33,34,37). The summed E-state index contributed by atoms with van der Waals surface area (Å²) in [5.41, 5.74) is 1.57. The number of benzene rings is 2. The number of esters is 1. The minimum Gasteiger partial charge on any atom is -0.487 e. The highest BCUT2D eigenvalue weighted by atomic mass is 16.5. The summed E-state index contributed by atoms with van der Waals surface area (Å²) in [5, 5.41) is 3.30. The Balaban J connectivity index is 1.17. The molecule has 1 aliphatic heterocycles. The van der Waals surface area contributed by atoms with Gasteiger partial charge in [0, 0.05) is 38.2 Å². The van der Waals surface area contributed by atoms with Gasteiger partial charge in [-0.25, -0.2) is 9.78 Å². The molecule has 2 N–H and O–H groups in total. The van der Waals surface area contributed by atoms with Crippen LogP contribution in [0.15, 0.2) is 71.7 Å². The van der Waals surface area contributed by atoms with E-state index in [1.807, 2.05) is 30.3 Å². The van der Waals surface area contributed by atoms with E-state index in [0.29, 0.717) is 48.6 Å². The maximum absolute atomic E-state index is 12.9. The maximum atomic E-state index is 12.9. The van der Waals surface area contributed by atoms with Crippen LogP contribution >= 0.6 is 0 Å². The van der Waals surface area contributed by atoms with Gasteiger partial charge in [-0.2, -0.15) is 0 Å². The Morgan fingerprint density at radius 3 is 2.66 bits per heavy atom. The molecule has 11 nitrogen and oxygen atoms in total. The first kappa shape index (κ1) is 27.5. The number of fused-ring (bicyclic) bond motifs is 1. The monoisotopic (exact) mass is 555 g/mol. The van der Waals surface area contributed by atoms with Gasteiger partial charge in [-0.1, -0.05) is 36.4 Å². The van der Waals surface area contributed by atoms with Gasteiger partial charge in [-0.3, -0.25) is 19.4 Å². The largest absolute Gasteiger partial charge is 0.487 e. The fourth-order valence-electron chi connectivity index (χ4n) is 4.67. The normalized spacial score (nSPS) is 14.6. The summed E-state index contributed by atoms with van der Waals surface area (Å²) in [6.45, 7) is 1.20. The summed E-state index contributed by atoms with van der Waals surface area (Å²) in [4.78, 5) is 62.9. The van der Waals surface area contributed by atoms with Crippen LogP contribution in [0.1, 0.15) is 45.1 Å². The van der Waals surface area contributed by atoms with Crippen molar-refractivity contribution < 1.29 is 23.9 Å². The Labute approximate surface area is 235 Å². The number of methoxy groups -OCH3 is 1. The van der Waals surface area contributed by atoms with Crippen molar-refractivity contribution in [2.45, 2.75) is 31.9 Å². The average molecular weight is 556 g/mol. The minimum atomic E-state index is -0.533. The van der Waals surface area contributed by atoms with E-state index in [1.165, 1.54) is 25.4 Å². The molecule has 5 rings (SSSR count). The summed E-state index contributed by atoms with van der Waals surface area (Å²) in [6, 6.07) is 17.6. The van der Waals surface area contributed by atoms with Gasteiger partial charge in [-0.05, 0) is 36.2 Å². The van der Waals surface area contributed by atoms with Crippen LogP contribution in [0.5, 0.6) is 5.75 Å². The molecule has 1 saturated heterocycles. The third-order valence-electron chi connectivity index (χ3n) is 6.85. The lowest BCUT2D eigenvalue weighted by Crippen LogP contribution is -2.38. The first-order chi connectivity index (χ1) is 19.9. The maximum Gasteiger partial charge on any atom is 0.339 e. The number of aryl methyl sites for hydroxylation is 1. The van der Waals surface area contributed by atoms with Crippen molar-refractivity contribution in [3.63, 3.8) is 0 Å². The number of aromatic nitrogens is 3. The number of carbonyl (C=O) groups excluding carboxylic acids is 3. The van der Waals surface area contributed by atoms with E-state index in [-0.39, 0.29) is 47.5 Å². The van der Waals surface area contributed by atoms with E-state index in [1.54, 1.807) is 23.1 Å². The van der Waals surface area contributed by atoms with E-state index >= 15 is 0 Å². The summed E-state index contributed by atoms with van der Waals surface area (Å²) < 4.78 is 10.6. The van der Waals surface area contributed by atoms with E-state index in [0.717, 1.165) is 5.56 Å². The third-order valence-corrected chi connectivity index (χ3v) is 6.85.